The maximum Gasteiger partial charge on any atom is 0.221 e. The predicted molar refractivity (Wildman–Crippen MR) is 220 cm³/mol. The molecule has 18 heteroatoms. The Hall–Kier alpha value is -5.32. The highest BCUT2D eigenvalue weighted by Gasteiger charge is 2.38. The molecule has 4 unspecified atom stereocenters. The second-order valence-corrected chi connectivity index (χ2v) is 13.0. The summed E-state index contributed by atoms with van der Waals surface area (Å²) in [6, 6.07) is 11.0. The first-order valence-electron chi connectivity index (χ1n) is 16.7. The molecule has 0 bridgehead atoms. The second kappa shape index (κ2) is 17.4. The normalized spacial score (nSPS) is 18.0. The summed E-state index contributed by atoms with van der Waals surface area (Å²) in [7, 11) is 2.85. The molecule has 0 saturated carbocycles. The number of carbonyl (C=O) groups excluding carboxylic acids is 1. The van der Waals surface area contributed by atoms with E-state index in [0.717, 1.165) is 18.2 Å². The predicted octanol–water partition coefficient (Wildman–Crippen LogP) is 6.30. The van der Waals surface area contributed by atoms with Crippen LogP contribution in [0, 0.1) is 0 Å². The maximum absolute atomic E-state index is 13.2. The second-order valence-electron chi connectivity index (χ2n) is 13.0. The lowest BCUT2D eigenvalue weighted by molar-refractivity contribution is -0.0124. The standard InChI is InChI=1S/C31H28O12.C8H8O4.I2/c1-40-25-10-17-19(34)5-13(32)7-23(17)42-30(25)12-3-15-16(9-22(37)29(39)27(15)28(38)21(36)4-12)31-26(41-2)11-18-20(35)6-14(33)8-24(18)43-31;1-4(9)5-2-6(10)8(12)7(11)3-5;1-2/h3-9,25-26,30-35,37,39H,10-11H2,1-2H3,(H,36,38);2-3,10-12H,1H3;. The largest absolute Gasteiger partial charge is 0.508 e. The number of ether oxygens (including phenoxy) is 4. The summed E-state index contributed by atoms with van der Waals surface area (Å²) in [6.45, 7) is 1.30. The van der Waals surface area contributed by atoms with E-state index in [1.165, 1.54) is 57.5 Å². The number of hydrogen-bond acceptors (Lipinski definition) is 16. The molecule has 4 atom stereocenters. The molecule has 0 fully saturated rings. The fourth-order valence-corrected chi connectivity index (χ4v) is 6.70. The minimum Gasteiger partial charge on any atom is -0.508 e. The Morgan fingerprint density at radius 2 is 1.09 bits per heavy atom. The molecule has 2 heterocycles. The number of phenols is 9. The summed E-state index contributed by atoms with van der Waals surface area (Å²) < 4.78 is 23.6. The molecule has 2 aliphatic heterocycles. The average molecular weight is 1010 g/mol. The van der Waals surface area contributed by atoms with E-state index in [4.69, 9.17) is 34.3 Å². The Morgan fingerprint density at radius 1 is 0.614 bits per heavy atom. The van der Waals surface area contributed by atoms with Crippen LogP contribution in [-0.2, 0) is 22.3 Å². The molecule has 0 amide bonds. The highest BCUT2D eigenvalue weighted by molar-refractivity contribution is 15.0. The van der Waals surface area contributed by atoms with E-state index >= 15 is 0 Å². The van der Waals surface area contributed by atoms with Crippen LogP contribution >= 0.6 is 37.2 Å². The van der Waals surface area contributed by atoms with Crippen molar-refractivity contribution in [3.63, 3.8) is 0 Å². The smallest absolute Gasteiger partial charge is 0.221 e. The van der Waals surface area contributed by atoms with Crippen LogP contribution < -0.4 is 14.9 Å². The van der Waals surface area contributed by atoms with Crippen LogP contribution in [0.1, 0.15) is 51.7 Å². The number of hydrogen-bond donors (Lipinski definition) is 10. The van der Waals surface area contributed by atoms with E-state index in [0.29, 0.717) is 11.1 Å². The summed E-state index contributed by atoms with van der Waals surface area (Å²) in [6.07, 6.45) is -3.19. The van der Waals surface area contributed by atoms with Crippen molar-refractivity contribution in [2.24, 2.45) is 0 Å². The van der Waals surface area contributed by atoms with E-state index in [1.54, 1.807) is 0 Å². The molecule has 0 saturated heterocycles. The molecule has 5 aromatic carbocycles. The van der Waals surface area contributed by atoms with Gasteiger partial charge in [0.15, 0.2) is 52.5 Å². The Kier molecular flexibility index (Phi) is 13.1. The van der Waals surface area contributed by atoms with Crippen molar-refractivity contribution in [1.29, 1.82) is 0 Å². The molecule has 57 heavy (non-hydrogen) atoms. The quantitative estimate of drug-likeness (QED) is 0.0526. The number of fused-ring (bicyclic) bond motifs is 3. The van der Waals surface area contributed by atoms with E-state index in [1.807, 2.05) is 0 Å². The van der Waals surface area contributed by atoms with Crippen LogP contribution in [0.4, 0.5) is 0 Å². The van der Waals surface area contributed by atoms with Crippen molar-refractivity contribution >= 4 is 53.8 Å². The van der Waals surface area contributed by atoms with Gasteiger partial charge in [-0.1, -0.05) is 0 Å². The van der Waals surface area contributed by atoms with Crippen molar-refractivity contribution in [2.75, 3.05) is 14.2 Å². The summed E-state index contributed by atoms with van der Waals surface area (Å²) in [5.74, 6) is -4.71. The van der Waals surface area contributed by atoms with Gasteiger partial charge in [-0.3, -0.25) is 9.59 Å². The van der Waals surface area contributed by atoms with E-state index in [9.17, 15) is 45.3 Å². The van der Waals surface area contributed by atoms with Gasteiger partial charge in [-0.25, -0.2) is 0 Å². The van der Waals surface area contributed by atoms with Crippen LogP contribution in [0.3, 0.4) is 0 Å². The van der Waals surface area contributed by atoms with Crippen molar-refractivity contribution in [3.8, 4) is 69.0 Å². The highest BCUT2D eigenvalue weighted by atomic mass is 128. The molecule has 16 nitrogen and oxygen atoms in total. The van der Waals surface area contributed by atoms with Gasteiger partial charge in [0.05, 0.1) is 5.39 Å². The number of halogens is 2. The van der Waals surface area contributed by atoms with Gasteiger partial charge in [-0.2, -0.15) is 0 Å². The van der Waals surface area contributed by atoms with Crippen LogP contribution in [0.2, 0.25) is 0 Å². The third-order valence-electron chi connectivity index (χ3n) is 9.48. The number of rotatable bonds is 5. The molecule has 7 rings (SSSR count). The maximum atomic E-state index is 13.2. The molecular formula is C39H36I2O16. The van der Waals surface area contributed by atoms with Crippen LogP contribution in [0.15, 0.2) is 59.4 Å². The van der Waals surface area contributed by atoms with Gasteiger partial charge in [0.2, 0.25) is 5.43 Å². The molecular weight excluding hydrogens is 978 g/mol. The zero-order chi connectivity index (χ0) is 42.0. The van der Waals surface area contributed by atoms with Crippen LogP contribution in [0.25, 0.3) is 10.8 Å². The number of carbonyl (C=O) groups is 1. The number of methoxy groups -OCH3 is 2. The minimum atomic E-state index is -1.02. The van der Waals surface area contributed by atoms with E-state index < -0.39 is 64.3 Å². The highest BCUT2D eigenvalue weighted by Crippen LogP contribution is 2.49. The zero-order valence-electron chi connectivity index (χ0n) is 30.1. The molecule has 0 aromatic heterocycles. The number of ketones is 1. The van der Waals surface area contributed by atoms with Crippen molar-refractivity contribution in [1.82, 2.24) is 0 Å². The van der Waals surface area contributed by atoms with Crippen molar-refractivity contribution in [2.45, 2.75) is 44.2 Å². The molecule has 5 aromatic rings. The minimum absolute atomic E-state index is 0.104. The number of benzene rings is 4. The topological polar surface area (TPSA) is 273 Å². The van der Waals surface area contributed by atoms with Crippen molar-refractivity contribution in [3.05, 3.63) is 92.6 Å². The van der Waals surface area contributed by atoms with Crippen LogP contribution in [0.5, 0.6) is 69.0 Å². The van der Waals surface area contributed by atoms with Gasteiger partial charge in [0, 0.05) is 111 Å². The molecule has 2 aliphatic rings. The first-order chi connectivity index (χ1) is 27.0. The van der Waals surface area contributed by atoms with E-state index in [2.05, 4.69) is 37.2 Å². The lowest BCUT2D eigenvalue weighted by Crippen LogP contribution is -2.32. The van der Waals surface area contributed by atoms with Crippen molar-refractivity contribution < 1.29 is 74.8 Å². The van der Waals surface area contributed by atoms with Gasteiger partial charge in [0.1, 0.15) is 46.7 Å². The third kappa shape index (κ3) is 8.53. The van der Waals surface area contributed by atoms with Gasteiger partial charge in [0.25, 0.3) is 0 Å². The monoisotopic (exact) mass is 1010 g/mol. The Balaban J connectivity index is 0.000000378. The third-order valence-corrected chi connectivity index (χ3v) is 9.48. The van der Waals surface area contributed by atoms with Gasteiger partial charge < -0.3 is 70.0 Å². The average Bonchev–Trinajstić information content (AvgIpc) is 3.30. The SMILES string of the molecule is CC(=O)c1cc(O)c(O)c(O)c1.COC1Cc2c(O)cc(O)cc2OC1c1cc(=O)c(O)c2c(O)c(O)cc(C3Oc4cc(O)cc(O)c4CC3OC)c2c1.II. The molecule has 0 spiro atoms. The van der Waals surface area contributed by atoms with Gasteiger partial charge in [-0.05, 0) is 48.2 Å². The lowest BCUT2D eigenvalue weighted by Gasteiger charge is -2.34. The summed E-state index contributed by atoms with van der Waals surface area (Å²) in [5, 5.41) is 100. The summed E-state index contributed by atoms with van der Waals surface area (Å²) in [5.41, 5.74) is 0.451. The summed E-state index contributed by atoms with van der Waals surface area (Å²) >= 11 is 4.24. The first-order valence-corrected chi connectivity index (χ1v) is 23.0. The molecule has 10 N–H and O–H groups in total. The number of aromatic hydroxyl groups is 10. The lowest BCUT2D eigenvalue weighted by atomic mass is 9.90. The Bertz CT molecular complexity index is 2400. The number of Topliss-reactive ketones (excluding diaryl/α,β-unsaturated/α-hetero) is 1. The zero-order valence-corrected chi connectivity index (χ0v) is 34.4. The van der Waals surface area contributed by atoms with E-state index in [-0.39, 0.29) is 80.6 Å². The first kappa shape index (κ1) is 42.8. The van der Waals surface area contributed by atoms with Gasteiger partial charge >= 0.3 is 0 Å². The number of phenolic OH excluding ortho intramolecular Hbond substituents is 9. The Labute approximate surface area is 346 Å². The van der Waals surface area contributed by atoms with Crippen LogP contribution in [-0.4, -0.2) is 83.3 Å². The molecule has 302 valence electrons. The van der Waals surface area contributed by atoms with Gasteiger partial charge in [-0.15, -0.1) is 0 Å². The summed E-state index contributed by atoms with van der Waals surface area (Å²) in [4.78, 5) is 24.0. The fraction of sp³-hybridized carbons (Fsp3) is 0.231. The molecule has 0 aliphatic carbocycles. The molecule has 0 radical (unpaired) electrons. The fourth-order valence-electron chi connectivity index (χ4n) is 6.70. The Morgan fingerprint density at radius 3 is 1.58 bits per heavy atom.